The summed E-state index contributed by atoms with van der Waals surface area (Å²) >= 11 is 0. The number of nitrogens with zero attached hydrogens (tertiary/aromatic N) is 4. The smallest absolute Gasteiger partial charge is 0.215 e. The Morgan fingerprint density at radius 1 is 0.889 bits per heavy atom. The number of rotatable bonds is 7. The molecule has 3 aromatic carbocycles. The zero-order valence-electron chi connectivity index (χ0n) is 19.1. The summed E-state index contributed by atoms with van der Waals surface area (Å²) in [4.78, 5) is 17.3. The summed E-state index contributed by atoms with van der Waals surface area (Å²) in [6, 6.07) is 24.8. The summed E-state index contributed by atoms with van der Waals surface area (Å²) in [6.45, 7) is 0.602. The van der Waals surface area contributed by atoms with E-state index in [-0.39, 0.29) is 18.8 Å². The number of carbonyl (C=O) groups is 1. The Labute approximate surface area is 206 Å². The van der Waals surface area contributed by atoms with Crippen LogP contribution in [0.3, 0.4) is 0 Å². The van der Waals surface area contributed by atoms with Gasteiger partial charge in [0.1, 0.15) is 30.5 Å². The minimum absolute atomic E-state index is 0.0321. The second kappa shape index (κ2) is 9.46. The van der Waals surface area contributed by atoms with E-state index in [1.165, 1.54) is 0 Å². The Bertz CT molecular complexity index is 1520. The van der Waals surface area contributed by atoms with E-state index < -0.39 is 6.10 Å². The van der Waals surface area contributed by atoms with Crippen LogP contribution >= 0.6 is 0 Å². The number of ether oxygens (including phenoxy) is 3. The zero-order valence-corrected chi connectivity index (χ0v) is 19.1. The highest BCUT2D eigenvalue weighted by Gasteiger charge is 2.31. The molecule has 0 bridgehead atoms. The summed E-state index contributed by atoms with van der Waals surface area (Å²) in [5.41, 5.74) is 3.09. The van der Waals surface area contributed by atoms with E-state index in [0.717, 1.165) is 22.2 Å². The van der Waals surface area contributed by atoms with Crippen LogP contribution in [0.2, 0.25) is 0 Å². The number of para-hydroxylation sites is 2. The van der Waals surface area contributed by atoms with Crippen molar-refractivity contribution < 1.29 is 19.0 Å². The van der Waals surface area contributed by atoms with E-state index in [1.54, 1.807) is 6.07 Å². The van der Waals surface area contributed by atoms with Gasteiger partial charge >= 0.3 is 0 Å². The minimum Gasteiger partial charge on any atom is -0.489 e. The van der Waals surface area contributed by atoms with Gasteiger partial charge in [0.15, 0.2) is 11.9 Å². The van der Waals surface area contributed by atoms with Crippen molar-refractivity contribution in [2.45, 2.75) is 25.7 Å². The van der Waals surface area contributed by atoms with Crippen LogP contribution in [0.4, 0.5) is 0 Å². The number of tetrazole rings is 1. The molecule has 0 amide bonds. The molecule has 0 aliphatic carbocycles. The molecule has 6 rings (SSSR count). The van der Waals surface area contributed by atoms with Gasteiger partial charge in [-0.1, -0.05) is 41.6 Å². The van der Waals surface area contributed by atoms with E-state index in [0.29, 0.717) is 35.2 Å². The Hall–Kier alpha value is -4.79. The number of ketones is 1. The lowest BCUT2D eigenvalue weighted by atomic mass is 9.98. The maximum absolute atomic E-state index is 12.7. The van der Waals surface area contributed by atoms with Gasteiger partial charge < -0.3 is 14.2 Å². The number of H-pyrrole nitrogens is 1. The van der Waals surface area contributed by atoms with Crippen molar-refractivity contribution in [3.05, 3.63) is 102 Å². The van der Waals surface area contributed by atoms with Crippen LogP contribution in [-0.4, -0.2) is 31.4 Å². The maximum atomic E-state index is 12.7. The van der Waals surface area contributed by atoms with Gasteiger partial charge in [-0.25, -0.2) is 4.98 Å². The summed E-state index contributed by atoms with van der Waals surface area (Å²) in [5.74, 6) is 2.19. The van der Waals surface area contributed by atoms with Gasteiger partial charge in [0.05, 0.1) is 23.2 Å². The van der Waals surface area contributed by atoms with Crippen molar-refractivity contribution in [1.82, 2.24) is 25.6 Å². The molecule has 0 saturated heterocycles. The monoisotopic (exact) mass is 479 g/mol. The molecule has 3 heterocycles. The van der Waals surface area contributed by atoms with Crippen molar-refractivity contribution in [2.24, 2.45) is 0 Å². The number of carbonyl (C=O) groups excluding carboxylic acids is 1. The zero-order chi connectivity index (χ0) is 24.3. The topological polar surface area (TPSA) is 112 Å². The van der Waals surface area contributed by atoms with Crippen molar-refractivity contribution in [2.75, 3.05) is 0 Å². The average molecular weight is 479 g/mol. The summed E-state index contributed by atoms with van der Waals surface area (Å²) in [7, 11) is 0. The van der Waals surface area contributed by atoms with Crippen LogP contribution < -0.4 is 14.2 Å². The van der Waals surface area contributed by atoms with E-state index in [9.17, 15) is 4.79 Å². The molecule has 178 valence electrons. The fourth-order valence-corrected chi connectivity index (χ4v) is 4.11. The number of benzene rings is 3. The van der Waals surface area contributed by atoms with Crippen LogP contribution in [0.15, 0.2) is 78.9 Å². The molecule has 0 spiro atoms. The fourth-order valence-electron chi connectivity index (χ4n) is 4.11. The molecule has 5 aromatic rings. The standard InChI is InChI=1S/C27H21N5O4/c33-24-14-25(27-29-31-32-30-27)36-26-18(5-3-6-22(24)26)15-34-20-10-12-21(13-11-20)35-16-19-9-8-17-4-1-2-7-23(17)28-19/h1-13,25H,14-16H2,(H,29,30,31,32). The molecular weight excluding hydrogens is 458 g/mol. The predicted molar refractivity (Wildman–Crippen MR) is 130 cm³/mol. The molecule has 1 aliphatic rings. The Kier molecular flexibility index (Phi) is 5.71. The second-order valence-electron chi connectivity index (χ2n) is 8.34. The molecule has 1 N–H and O–H groups in total. The summed E-state index contributed by atoms with van der Waals surface area (Å²) in [5, 5.41) is 15.0. The Morgan fingerprint density at radius 2 is 1.69 bits per heavy atom. The number of pyridine rings is 1. The molecule has 1 unspecified atom stereocenters. The van der Waals surface area contributed by atoms with Crippen LogP contribution in [0.25, 0.3) is 10.9 Å². The second-order valence-corrected chi connectivity index (χ2v) is 8.34. The highest BCUT2D eigenvalue weighted by molar-refractivity contribution is 6.00. The molecule has 0 saturated carbocycles. The fraction of sp³-hybridized carbons (Fsp3) is 0.148. The molecule has 9 nitrogen and oxygen atoms in total. The molecule has 2 aromatic heterocycles. The third kappa shape index (κ3) is 4.46. The van der Waals surface area contributed by atoms with Crippen molar-refractivity contribution in [3.8, 4) is 17.2 Å². The quantitative estimate of drug-likeness (QED) is 0.360. The number of hydrogen-bond acceptors (Lipinski definition) is 8. The van der Waals surface area contributed by atoms with Crippen LogP contribution in [0.5, 0.6) is 17.2 Å². The van der Waals surface area contributed by atoms with Crippen LogP contribution in [-0.2, 0) is 13.2 Å². The van der Waals surface area contributed by atoms with Gasteiger partial charge in [0.25, 0.3) is 0 Å². The molecule has 0 radical (unpaired) electrons. The maximum Gasteiger partial charge on any atom is 0.215 e. The van der Waals surface area contributed by atoms with Crippen molar-refractivity contribution in [1.29, 1.82) is 0 Å². The number of nitrogens with one attached hydrogen (secondary N) is 1. The molecule has 1 atom stereocenters. The average Bonchev–Trinajstić information content (AvgIpc) is 3.46. The van der Waals surface area contributed by atoms with Gasteiger partial charge in [-0.2, -0.15) is 5.21 Å². The Morgan fingerprint density at radius 3 is 2.50 bits per heavy atom. The molecule has 0 fully saturated rings. The molecule has 9 heteroatoms. The SMILES string of the molecule is O=C1CC(c2nn[nH]n2)Oc2c(COc3ccc(OCc4ccc5ccccc5n4)cc3)cccc21. The van der Waals surface area contributed by atoms with Gasteiger partial charge in [0.2, 0.25) is 5.82 Å². The first-order chi connectivity index (χ1) is 17.7. The minimum atomic E-state index is -0.585. The lowest BCUT2D eigenvalue weighted by Gasteiger charge is -2.25. The highest BCUT2D eigenvalue weighted by atomic mass is 16.5. The number of aromatic nitrogens is 5. The molecule has 1 aliphatic heterocycles. The first-order valence-electron chi connectivity index (χ1n) is 11.5. The number of hydrogen-bond donors (Lipinski definition) is 1. The summed E-state index contributed by atoms with van der Waals surface area (Å²) in [6.07, 6.45) is -0.425. The van der Waals surface area contributed by atoms with E-state index >= 15 is 0 Å². The van der Waals surface area contributed by atoms with Gasteiger partial charge in [-0.15, -0.1) is 10.2 Å². The number of aromatic amines is 1. The third-order valence-corrected chi connectivity index (χ3v) is 5.94. The Balaban J connectivity index is 1.10. The lowest BCUT2D eigenvalue weighted by Crippen LogP contribution is -2.22. The van der Waals surface area contributed by atoms with Crippen molar-refractivity contribution in [3.63, 3.8) is 0 Å². The third-order valence-electron chi connectivity index (χ3n) is 5.94. The highest BCUT2D eigenvalue weighted by Crippen LogP contribution is 2.36. The normalized spacial score (nSPS) is 14.8. The number of Topliss-reactive ketones (excluding diaryl/α,β-unsaturated/α-hetero) is 1. The largest absolute Gasteiger partial charge is 0.489 e. The number of fused-ring (bicyclic) bond motifs is 2. The van der Waals surface area contributed by atoms with Crippen LogP contribution in [0, 0.1) is 0 Å². The van der Waals surface area contributed by atoms with Gasteiger partial charge in [-0.05, 0) is 42.5 Å². The van der Waals surface area contributed by atoms with E-state index in [4.69, 9.17) is 14.2 Å². The van der Waals surface area contributed by atoms with Gasteiger partial charge in [-0.3, -0.25) is 4.79 Å². The predicted octanol–water partition coefficient (Wildman–Crippen LogP) is 4.61. The lowest BCUT2D eigenvalue weighted by molar-refractivity contribution is 0.0833. The van der Waals surface area contributed by atoms with E-state index in [2.05, 4.69) is 25.6 Å². The molecular formula is C27H21N5O4. The van der Waals surface area contributed by atoms with Gasteiger partial charge in [0, 0.05) is 10.9 Å². The van der Waals surface area contributed by atoms with Crippen LogP contribution in [0.1, 0.15) is 40.0 Å². The first-order valence-corrected chi connectivity index (χ1v) is 11.5. The summed E-state index contributed by atoms with van der Waals surface area (Å²) < 4.78 is 17.9. The first kappa shape index (κ1) is 21.7. The van der Waals surface area contributed by atoms with E-state index in [1.807, 2.05) is 72.8 Å². The van der Waals surface area contributed by atoms with Crippen molar-refractivity contribution >= 4 is 16.7 Å². The molecule has 36 heavy (non-hydrogen) atoms.